The second-order valence-electron chi connectivity index (χ2n) is 8.74. The molecule has 3 atom stereocenters. The van der Waals surface area contributed by atoms with Crippen molar-refractivity contribution in [1.29, 1.82) is 0 Å². The topological polar surface area (TPSA) is 84.9 Å². The SMILES string of the molecule is CC(C)OC(=O)N1CCC(COC2c3ccc4c(c3)CC(S(C)(=O)=O)NC42)CC1. The number of amides is 1. The van der Waals surface area contributed by atoms with Crippen LogP contribution in [0.25, 0.3) is 0 Å². The molecule has 1 fully saturated rings. The lowest BCUT2D eigenvalue weighted by Crippen LogP contribution is -2.48. The molecule has 0 aromatic heterocycles. The minimum absolute atomic E-state index is 0.107. The first-order valence-electron chi connectivity index (χ1n) is 10.4. The van der Waals surface area contributed by atoms with Gasteiger partial charge in [0.05, 0.1) is 18.8 Å². The van der Waals surface area contributed by atoms with E-state index < -0.39 is 15.2 Å². The van der Waals surface area contributed by atoms with Crippen molar-refractivity contribution < 1.29 is 22.7 Å². The number of fused-ring (bicyclic) bond motifs is 1. The molecule has 0 saturated carbocycles. The monoisotopic (exact) mass is 422 g/mol. The number of rotatable bonds is 5. The lowest BCUT2D eigenvalue weighted by Gasteiger charge is -2.42. The van der Waals surface area contributed by atoms with E-state index in [1.807, 2.05) is 13.8 Å². The number of hydrogen-bond acceptors (Lipinski definition) is 6. The highest BCUT2D eigenvalue weighted by Gasteiger charge is 2.41. The molecule has 1 amide bonds. The van der Waals surface area contributed by atoms with E-state index in [9.17, 15) is 13.2 Å². The lowest BCUT2D eigenvalue weighted by molar-refractivity contribution is -0.0150. The Bertz CT molecular complexity index is 877. The maximum absolute atomic E-state index is 12.1. The van der Waals surface area contributed by atoms with Gasteiger partial charge >= 0.3 is 6.09 Å². The number of nitrogens with one attached hydrogen (secondary N) is 1. The number of carbonyl (C=O) groups excluding carboxylic acids is 1. The van der Waals surface area contributed by atoms with Crippen molar-refractivity contribution in [2.24, 2.45) is 5.92 Å². The summed E-state index contributed by atoms with van der Waals surface area (Å²) in [6.45, 7) is 5.68. The molecule has 4 bridgehead atoms. The Balaban J connectivity index is 1.35. The van der Waals surface area contributed by atoms with Crippen LogP contribution in [-0.2, 0) is 25.7 Å². The average molecular weight is 423 g/mol. The van der Waals surface area contributed by atoms with Crippen molar-refractivity contribution in [3.05, 3.63) is 34.9 Å². The summed E-state index contributed by atoms with van der Waals surface area (Å²) in [5.74, 6) is 0.380. The molecule has 0 spiro atoms. The summed E-state index contributed by atoms with van der Waals surface area (Å²) < 4.78 is 35.8. The third-order valence-corrected chi connectivity index (χ3v) is 7.48. The molecule has 2 heterocycles. The summed E-state index contributed by atoms with van der Waals surface area (Å²) in [5, 5.41) is 2.74. The number of benzene rings is 1. The van der Waals surface area contributed by atoms with Crippen LogP contribution in [0.4, 0.5) is 4.79 Å². The van der Waals surface area contributed by atoms with Gasteiger partial charge < -0.3 is 14.4 Å². The summed E-state index contributed by atoms with van der Waals surface area (Å²) in [6.07, 6.45) is 3.05. The van der Waals surface area contributed by atoms with E-state index in [0.29, 0.717) is 32.0 Å². The van der Waals surface area contributed by atoms with Crippen LogP contribution in [0.5, 0.6) is 0 Å². The zero-order valence-electron chi connectivity index (χ0n) is 17.3. The van der Waals surface area contributed by atoms with E-state index in [2.05, 4.69) is 23.5 Å². The van der Waals surface area contributed by atoms with Gasteiger partial charge in [-0.15, -0.1) is 0 Å². The maximum Gasteiger partial charge on any atom is 0.410 e. The molecule has 1 aromatic carbocycles. The molecule has 8 heteroatoms. The highest BCUT2D eigenvalue weighted by atomic mass is 32.2. The number of ether oxygens (including phenoxy) is 2. The normalized spacial score (nSPS) is 26.8. The molecule has 1 N–H and O–H groups in total. The molecular weight excluding hydrogens is 392 g/mol. The van der Waals surface area contributed by atoms with Gasteiger partial charge in [0.25, 0.3) is 0 Å². The van der Waals surface area contributed by atoms with Crippen molar-refractivity contribution in [1.82, 2.24) is 10.2 Å². The Hall–Kier alpha value is -1.64. The van der Waals surface area contributed by atoms with Crippen molar-refractivity contribution >= 4 is 15.9 Å². The van der Waals surface area contributed by atoms with Gasteiger partial charge in [-0.2, -0.15) is 0 Å². The Kier molecular flexibility index (Phi) is 5.61. The van der Waals surface area contributed by atoms with E-state index in [1.165, 1.54) is 6.26 Å². The van der Waals surface area contributed by atoms with Crippen molar-refractivity contribution in [3.8, 4) is 0 Å². The zero-order valence-corrected chi connectivity index (χ0v) is 18.1. The number of piperidine rings is 1. The van der Waals surface area contributed by atoms with Gasteiger partial charge in [-0.1, -0.05) is 18.2 Å². The number of carbonyl (C=O) groups is 1. The third kappa shape index (κ3) is 4.29. The fourth-order valence-corrected chi connectivity index (χ4v) is 5.42. The van der Waals surface area contributed by atoms with Gasteiger partial charge in [-0.3, -0.25) is 5.32 Å². The fourth-order valence-electron chi connectivity index (χ4n) is 4.54. The number of sulfone groups is 1. The fraction of sp³-hybridized carbons (Fsp3) is 0.667. The molecule has 1 saturated heterocycles. The minimum Gasteiger partial charge on any atom is -0.447 e. The summed E-state index contributed by atoms with van der Waals surface area (Å²) >= 11 is 0. The molecule has 4 aliphatic rings. The summed E-state index contributed by atoms with van der Waals surface area (Å²) in [7, 11) is -3.17. The minimum atomic E-state index is -3.17. The van der Waals surface area contributed by atoms with Gasteiger partial charge in [0.15, 0.2) is 9.84 Å². The second kappa shape index (κ2) is 7.89. The molecule has 160 valence electrons. The maximum atomic E-state index is 12.1. The van der Waals surface area contributed by atoms with Gasteiger partial charge in [-0.25, -0.2) is 13.2 Å². The molecule has 5 rings (SSSR count). The summed E-state index contributed by atoms with van der Waals surface area (Å²) in [4.78, 5) is 13.8. The summed E-state index contributed by atoms with van der Waals surface area (Å²) in [5.41, 5.74) is 3.37. The quantitative estimate of drug-likeness (QED) is 0.785. The van der Waals surface area contributed by atoms with E-state index in [-0.39, 0.29) is 24.3 Å². The lowest BCUT2D eigenvalue weighted by atomic mass is 9.80. The van der Waals surface area contributed by atoms with Crippen molar-refractivity contribution in [3.63, 3.8) is 0 Å². The van der Waals surface area contributed by atoms with Gasteiger partial charge in [-0.05, 0) is 49.3 Å². The van der Waals surface area contributed by atoms with Gasteiger partial charge in [0.2, 0.25) is 0 Å². The Morgan fingerprint density at radius 2 is 2.00 bits per heavy atom. The van der Waals surface area contributed by atoms with Crippen LogP contribution >= 0.6 is 0 Å². The zero-order chi connectivity index (χ0) is 20.8. The highest BCUT2D eigenvalue weighted by Crippen LogP contribution is 2.44. The van der Waals surface area contributed by atoms with Crippen LogP contribution in [0.15, 0.2) is 18.2 Å². The van der Waals surface area contributed by atoms with Crippen molar-refractivity contribution in [2.75, 3.05) is 26.0 Å². The second-order valence-corrected chi connectivity index (χ2v) is 11.0. The molecule has 2 aliphatic heterocycles. The molecule has 2 aliphatic carbocycles. The molecule has 7 nitrogen and oxygen atoms in total. The first-order valence-corrected chi connectivity index (χ1v) is 12.3. The molecule has 29 heavy (non-hydrogen) atoms. The number of likely N-dealkylation sites (tertiary alicyclic amines) is 1. The predicted octanol–water partition coefficient (Wildman–Crippen LogP) is 2.57. The van der Waals surface area contributed by atoms with E-state index >= 15 is 0 Å². The van der Waals surface area contributed by atoms with Crippen LogP contribution in [-0.4, -0.2) is 56.8 Å². The van der Waals surface area contributed by atoms with Crippen LogP contribution < -0.4 is 5.32 Å². The van der Waals surface area contributed by atoms with E-state index in [4.69, 9.17) is 9.47 Å². The van der Waals surface area contributed by atoms with E-state index in [0.717, 1.165) is 29.5 Å². The number of hydrogen-bond donors (Lipinski definition) is 1. The smallest absolute Gasteiger partial charge is 0.410 e. The highest BCUT2D eigenvalue weighted by molar-refractivity contribution is 7.91. The van der Waals surface area contributed by atoms with Crippen LogP contribution in [0.1, 0.15) is 55.5 Å². The van der Waals surface area contributed by atoms with E-state index in [1.54, 1.807) is 4.90 Å². The van der Waals surface area contributed by atoms with Crippen LogP contribution in [0, 0.1) is 5.92 Å². The Morgan fingerprint density at radius 3 is 2.66 bits per heavy atom. The summed E-state index contributed by atoms with van der Waals surface area (Å²) in [6, 6.07) is 6.15. The average Bonchev–Trinajstić information content (AvgIpc) is 2.66. The van der Waals surface area contributed by atoms with Gasteiger partial charge in [0, 0.05) is 25.8 Å². The third-order valence-electron chi connectivity index (χ3n) is 6.14. The molecule has 3 unspecified atom stereocenters. The molecular formula is C21H30N2O5S. The van der Waals surface area contributed by atoms with Crippen LogP contribution in [0.2, 0.25) is 0 Å². The van der Waals surface area contributed by atoms with Gasteiger partial charge in [0.1, 0.15) is 11.5 Å². The standard InChI is InChI=1S/C21H30N2O5S/c1-13(2)28-21(24)23-8-6-14(7-9-23)12-27-20-15-4-5-17-16(10-15)11-18(22-19(17)20)29(3,25)26/h4-5,10,13-14,18-20,22H,6-9,11-12H2,1-3H3. The first-order chi connectivity index (χ1) is 13.7. The molecule has 1 aromatic rings. The first kappa shape index (κ1) is 20.6. The predicted molar refractivity (Wildman–Crippen MR) is 109 cm³/mol. The number of nitrogens with zero attached hydrogens (tertiary/aromatic N) is 1. The molecule has 0 radical (unpaired) electrons. The Morgan fingerprint density at radius 1 is 1.28 bits per heavy atom. The van der Waals surface area contributed by atoms with Crippen molar-refractivity contribution in [2.45, 2.75) is 56.7 Å². The Labute approximate surface area is 172 Å². The van der Waals surface area contributed by atoms with Crippen LogP contribution in [0.3, 0.4) is 0 Å². The largest absolute Gasteiger partial charge is 0.447 e.